The molecule has 0 radical (unpaired) electrons. The summed E-state index contributed by atoms with van der Waals surface area (Å²) in [6, 6.07) is 6.79. The number of hydrogen-bond acceptors (Lipinski definition) is 3. The monoisotopic (exact) mass is 251 g/mol. The van der Waals surface area contributed by atoms with Gasteiger partial charge in [0.2, 0.25) is 5.91 Å². The van der Waals surface area contributed by atoms with Crippen LogP contribution in [0.25, 0.3) is 0 Å². The Balaban J connectivity index is 2.72. The molecule has 0 fully saturated rings. The summed E-state index contributed by atoms with van der Waals surface area (Å²) in [6.07, 6.45) is 0. The Bertz CT molecular complexity index is 444. The second-order valence-electron chi connectivity index (χ2n) is 4.26. The third kappa shape index (κ3) is 3.56. The van der Waals surface area contributed by atoms with Crippen molar-refractivity contribution < 1.29 is 19.8 Å². The van der Waals surface area contributed by atoms with E-state index >= 15 is 0 Å². The number of amides is 1. The van der Waals surface area contributed by atoms with Crippen molar-refractivity contribution in [2.24, 2.45) is 11.8 Å². The van der Waals surface area contributed by atoms with Gasteiger partial charge in [-0.1, -0.05) is 26.0 Å². The number of anilines is 1. The van der Waals surface area contributed by atoms with Crippen molar-refractivity contribution in [2.75, 3.05) is 5.32 Å². The van der Waals surface area contributed by atoms with Gasteiger partial charge >= 0.3 is 5.97 Å². The first-order valence-electron chi connectivity index (χ1n) is 5.69. The van der Waals surface area contributed by atoms with E-state index in [0.29, 0.717) is 11.3 Å². The van der Waals surface area contributed by atoms with Gasteiger partial charge in [0.1, 0.15) is 0 Å². The van der Waals surface area contributed by atoms with Crippen LogP contribution in [0.2, 0.25) is 0 Å². The number of carboxylic acids is 1. The zero-order valence-electron chi connectivity index (χ0n) is 10.4. The summed E-state index contributed by atoms with van der Waals surface area (Å²) >= 11 is 0. The molecule has 0 bridgehead atoms. The second-order valence-corrected chi connectivity index (χ2v) is 4.26. The fourth-order valence-corrected chi connectivity index (χ4v) is 1.44. The number of hydrogen-bond donors (Lipinski definition) is 3. The first-order chi connectivity index (χ1) is 8.45. The summed E-state index contributed by atoms with van der Waals surface area (Å²) in [4.78, 5) is 22.6. The molecule has 1 rings (SSSR count). The lowest BCUT2D eigenvalue weighted by Crippen LogP contribution is -2.29. The fourth-order valence-electron chi connectivity index (χ4n) is 1.44. The third-order valence-electron chi connectivity index (χ3n) is 2.93. The Morgan fingerprint density at radius 3 is 2.50 bits per heavy atom. The van der Waals surface area contributed by atoms with Crippen molar-refractivity contribution in [1.29, 1.82) is 0 Å². The first-order valence-corrected chi connectivity index (χ1v) is 5.69. The smallest absolute Gasteiger partial charge is 0.307 e. The number of carbonyl (C=O) groups excluding carboxylic acids is 1. The van der Waals surface area contributed by atoms with E-state index in [4.69, 9.17) is 10.2 Å². The highest BCUT2D eigenvalue weighted by Crippen LogP contribution is 2.16. The van der Waals surface area contributed by atoms with E-state index in [1.165, 1.54) is 6.92 Å². The highest BCUT2D eigenvalue weighted by atomic mass is 16.4. The maximum absolute atomic E-state index is 11.8. The van der Waals surface area contributed by atoms with Crippen LogP contribution in [0.4, 0.5) is 5.69 Å². The van der Waals surface area contributed by atoms with Crippen molar-refractivity contribution in [3.8, 4) is 0 Å². The van der Waals surface area contributed by atoms with Crippen molar-refractivity contribution in [3.05, 3.63) is 29.8 Å². The minimum Gasteiger partial charge on any atom is -0.481 e. The zero-order valence-corrected chi connectivity index (χ0v) is 10.4. The molecule has 1 amide bonds. The number of rotatable bonds is 5. The predicted octanol–water partition coefficient (Wildman–Crippen LogP) is 1.47. The van der Waals surface area contributed by atoms with Crippen LogP contribution in [0.5, 0.6) is 0 Å². The lowest BCUT2D eigenvalue weighted by Gasteiger charge is -2.16. The van der Waals surface area contributed by atoms with Crippen molar-refractivity contribution >= 4 is 17.6 Å². The van der Waals surface area contributed by atoms with E-state index in [-0.39, 0.29) is 12.5 Å². The first kappa shape index (κ1) is 14.2. The highest BCUT2D eigenvalue weighted by molar-refractivity contribution is 5.94. The number of carboxylic acid groups (broad SMARTS) is 1. The van der Waals surface area contributed by atoms with Crippen LogP contribution in [0.1, 0.15) is 19.4 Å². The molecule has 3 N–H and O–H groups in total. The number of carbonyl (C=O) groups is 2. The molecule has 2 unspecified atom stereocenters. The minimum absolute atomic E-state index is 0.106. The third-order valence-corrected chi connectivity index (χ3v) is 2.93. The number of nitrogens with one attached hydrogen (secondary N) is 1. The molecule has 5 heteroatoms. The lowest BCUT2D eigenvalue weighted by molar-refractivity contribution is -0.145. The molecule has 1 aromatic carbocycles. The standard InChI is InChI=1S/C13H17NO4/c1-8(9(2)13(17)18)12(16)14-11-5-3-4-10(6-11)7-15/h3-6,8-9,15H,7H2,1-2H3,(H,14,16)(H,17,18). The lowest BCUT2D eigenvalue weighted by atomic mass is 9.95. The number of aliphatic hydroxyl groups is 1. The van der Waals surface area contributed by atoms with Crippen molar-refractivity contribution in [2.45, 2.75) is 20.5 Å². The highest BCUT2D eigenvalue weighted by Gasteiger charge is 2.25. The molecule has 1 aromatic rings. The van der Waals surface area contributed by atoms with Gasteiger partial charge in [0.25, 0.3) is 0 Å². The van der Waals surface area contributed by atoms with Crippen LogP contribution >= 0.6 is 0 Å². The molecule has 0 saturated heterocycles. The van der Waals surface area contributed by atoms with Crippen LogP contribution < -0.4 is 5.32 Å². The maximum Gasteiger partial charge on any atom is 0.307 e. The SMILES string of the molecule is CC(C(=O)O)C(C)C(=O)Nc1cccc(CO)c1. The van der Waals surface area contributed by atoms with Gasteiger partial charge in [-0.2, -0.15) is 0 Å². The van der Waals surface area contributed by atoms with Crippen molar-refractivity contribution in [1.82, 2.24) is 0 Å². The molecular weight excluding hydrogens is 234 g/mol. The predicted molar refractivity (Wildman–Crippen MR) is 67.0 cm³/mol. The van der Waals surface area contributed by atoms with E-state index in [9.17, 15) is 9.59 Å². The average Bonchev–Trinajstić information content (AvgIpc) is 2.36. The summed E-state index contributed by atoms with van der Waals surface area (Å²) in [5.41, 5.74) is 1.24. The van der Waals surface area contributed by atoms with E-state index in [1.807, 2.05) is 0 Å². The number of benzene rings is 1. The van der Waals surface area contributed by atoms with Gasteiger partial charge in [0, 0.05) is 11.6 Å². The molecule has 0 aromatic heterocycles. The molecule has 0 aliphatic carbocycles. The van der Waals surface area contributed by atoms with Crippen molar-refractivity contribution in [3.63, 3.8) is 0 Å². The fraction of sp³-hybridized carbons (Fsp3) is 0.385. The summed E-state index contributed by atoms with van der Waals surface area (Å²) < 4.78 is 0. The zero-order chi connectivity index (χ0) is 13.7. The quantitative estimate of drug-likeness (QED) is 0.739. The summed E-state index contributed by atoms with van der Waals surface area (Å²) in [5.74, 6) is -2.71. The van der Waals surface area contributed by atoms with Crippen LogP contribution in [0.15, 0.2) is 24.3 Å². The Morgan fingerprint density at radius 2 is 1.94 bits per heavy atom. The van der Waals surface area contributed by atoms with Gasteiger partial charge < -0.3 is 15.5 Å². The van der Waals surface area contributed by atoms with Crippen LogP contribution in [0.3, 0.4) is 0 Å². The van der Waals surface area contributed by atoms with Crippen LogP contribution in [-0.2, 0) is 16.2 Å². The minimum atomic E-state index is -0.998. The van der Waals surface area contributed by atoms with E-state index < -0.39 is 17.8 Å². The van der Waals surface area contributed by atoms with Gasteiger partial charge in [0.15, 0.2) is 0 Å². The van der Waals surface area contributed by atoms with Gasteiger partial charge in [-0.05, 0) is 17.7 Å². The van der Waals surface area contributed by atoms with Gasteiger partial charge in [-0.15, -0.1) is 0 Å². The van der Waals surface area contributed by atoms with Gasteiger partial charge in [0.05, 0.1) is 12.5 Å². The maximum atomic E-state index is 11.8. The molecule has 18 heavy (non-hydrogen) atoms. The summed E-state index contributed by atoms with van der Waals surface area (Å²) in [6.45, 7) is 2.96. The van der Waals surface area contributed by atoms with E-state index in [2.05, 4.69) is 5.32 Å². The number of aliphatic carboxylic acids is 1. The molecular formula is C13H17NO4. The molecule has 0 spiro atoms. The molecule has 0 aliphatic heterocycles. The molecule has 0 aliphatic rings. The van der Waals surface area contributed by atoms with Gasteiger partial charge in [-0.25, -0.2) is 0 Å². The largest absolute Gasteiger partial charge is 0.481 e. The van der Waals surface area contributed by atoms with E-state index in [0.717, 1.165) is 0 Å². The van der Waals surface area contributed by atoms with E-state index in [1.54, 1.807) is 31.2 Å². The Kier molecular flexibility index (Phi) is 4.85. The Hall–Kier alpha value is -1.88. The molecule has 0 saturated carbocycles. The Labute approximate surface area is 105 Å². The van der Waals surface area contributed by atoms with Crippen LogP contribution in [0, 0.1) is 11.8 Å². The molecule has 0 heterocycles. The summed E-state index contributed by atoms with van der Waals surface area (Å²) in [5, 5.41) is 20.5. The average molecular weight is 251 g/mol. The molecule has 5 nitrogen and oxygen atoms in total. The second kappa shape index (κ2) is 6.16. The Morgan fingerprint density at radius 1 is 1.28 bits per heavy atom. The topological polar surface area (TPSA) is 86.6 Å². The number of aliphatic hydroxyl groups excluding tert-OH is 1. The van der Waals surface area contributed by atoms with Crippen LogP contribution in [-0.4, -0.2) is 22.1 Å². The summed E-state index contributed by atoms with van der Waals surface area (Å²) in [7, 11) is 0. The molecule has 98 valence electrons. The molecule has 2 atom stereocenters. The van der Waals surface area contributed by atoms with Gasteiger partial charge in [-0.3, -0.25) is 9.59 Å². The normalized spacial score (nSPS) is 13.7.